The van der Waals surface area contributed by atoms with Crippen LogP contribution in [0, 0.1) is 0 Å². The van der Waals surface area contributed by atoms with Crippen LogP contribution in [-0.2, 0) is 0 Å². The average Bonchev–Trinajstić information content (AvgIpc) is 2.93. The van der Waals surface area contributed by atoms with Crippen LogP contribution >= 0.6 is 50.2 Å². The highest BCUT2D eigenvalue weighted by Gasteiger charge is 2.17. The van der Waals surface area contributed by atoms with Gasteiger partial charge in [0.2, 0.25) is 0 Å². The summed E-state index contributed by atoms with van der Waals surface area (Å²) in [5, 5.41) is 11.5. The molecule has 3 rings (SSSR count). The molecule has 0 spiro atoms. The second-order valence-electron chi connectivity index (χ2n) is 3.86. The Bertz CT molecular complexity index is 651. The molecule has 1 unspecified atom stereocenters. The standard InChI is InChI=1S/C13H8BrClOS2/c14-8-6-11(18-13(8)15)12(16)10-5-7-3-1-2-4-9(7)17-10/h1-6,12,16H. The first-order valence-corrected chi connectivity index (χ1v) is 8.07. The van der Waals surface area contributed by atoms with E-state index in [1.54, 1.807) is 11.3 Å². The minimum Gasteiger partial charge on any atom is -0.382 e. The number of aliphatic hydroxyl groups is 1. The van der Waals surface area contributed by atoms with Gasteiger partial charge in [-0.25, -0.2) is 0 Å². The SMILES string of the molecule is OC(c1cc(Br)c(Cl)s1)c1cc2ccccc2s1. The molecule has 0 aliphatic carbocycles. The molecule has 0 bridgehead atoms. The van der Waals surface area contributed by atoms with E-state index in [9.17, 15) is 5.11 Å². The number of thiophene rings is 2. The quantitative estimate of drug-likeness (QED) is 0.644. The summed E-state index contributed by atoms with van der Waals surface area (Å²) in [5.74, 6) is 0. The maximum Gasteiger partial charge on any atom is 0.122 e. The summed E-state index contributed by atoms with van der Waals surface area (Å²) in [7, 11) is 0. The van der Waals surface area contributed by atoms with Crippen LogP contribution in [0.2, 0.25) is 4.34 Å². The van der Waals surface area contributed by atoms with E-state index in [1.807, 2.05) is 24.3 Å². The Morgan fingerprint density at radius 2 is 1.83 bits per heavy atom. The molecule has 1 nitrogen and oxygen atoms in total. The van der Waals surface area contributed by atoms with E-state index >= 15 is 0 Å². The summed E-state index contributed by atoms with van der Waals surface area (Å²) in [5.41, 5.74) is 0. The molecule has 0 aliphatic heterocycles. The Morgan fingerprint density at radius 1 is 1.11 bits per heavy atom. The lowest BCUT2D eigenvalue weighted by Crippen LogP contribution is -1.92. The fourth-order valence-electron chi connectivity index (χ4n) is 1.78. The summed E-state index contributed by atoms with van der Waals surface area (Å²) in [6, 6.07) is 12.0. The van der Waals surface area contributed by atoms with E-state index in [-0.39, 0.29) is 0 Å². The van der Waals surface area contributed by atoms with Gasteiger partial charge in [-0.15, -0.1) is 22.7 Å². The molecule has 1 atom stereocenters. The molecule has 0 fully saturated rings. The first-order valence-electron chi connectivity index (χ1n) is 5.26. The second-order valence-corrected chi connectivity index (χ2v) is 7.52. The van der Waals surface area contributed by atoms with Crippen molar-refractivity contribution in [3.05, 3.63) is 55.0 Å². The molecule has 92 valence electrons. The highest BCUT2D eigenvalue weighted by molar-refractivity contribution is 9.10. The van der Waals surface area contributed by atoms with E-state index in [2.05, 4.69) is 28.1 Å². The molecule has 0 amide bonds. The van der Waals surface area contributed by atoms with Gasteiger partial charge in [0.25, 0.3) is 0 Å². The van der Waals surface area contributed by atoms with E-state index in [4.69, 9.17) is 11.6 Å². The Labute approximate surface area is 126 Å². The molecule has 2 heterocycles. The Kier molecular flexibility index (Phi) is 3.47. The number of halogens is 2. The Hall–Kier alpha value is -0.390. The zero-order valence-corrected chi connectivity index (χ0v) is 13.0. The molecule has 1 N–H and O–H groups in total. The minimum absolute atomic E-state index is 0.601. The number of rotatable bonds is 2. The van der Waals surface area contributed by atoms with Gasteiger partial charge >= 0.3 is 0 Å². The van der Waals surface area contributed by atoms with E-state index in [0.29, 0.717) is 4.34 Å². The maximum absolute atomic E-state index is 10.4. The van der Waals surface area contributed by atoms with E-state index in [0.717, 1.165) is 14.2 Å². The van der Waals surface area contributed by atoms with Gasteiger partial charge in [0, 0.05) is 18.9 Å². The van der Waals surface area contributed by atoms with Crippen molar-refractivity contribution in [3.8, 4) is 0 Å². The van der Waals surface area contributed by atoms with Gasteiger partial charge in [-0.1, -0.05) is 29.8 Å². The van der Waals surface area contributed by atoms with Gasteiger partial charge in [0.1, 0.15) is 10.4 Å². The highest BCUT2D eigenvalue weighted by Crippen LogP contribution is 2.40. The molecule has 0 radical (unpaired) electrons. The Morgan fingerprint density at radius 3 is 2.50 bits per heavy atom. The molecule has 0 saturated carbocycles. The van der Waals surface area contributed by atoms with Crippen molar-refractivity contribution in [2.45, 2.75) is 6.10 Å². The third-order valence-electron chi connectivity index (χ3n) is 2.65. The largest absolute Gasteiger partial charge is 0.382 e. The summed E-state index contributed by atoms with van der Waals surface area (Å²) in [6.07, 6.45) is -0.601. The molecule has 0 aliphatic rings. The molecule has 5 heteroatoms. The predicted molar refractivity (Wildman–Crippen MR) is 82.9 cm³/mol. The Balaban J connectivity index is 2.03. The summed E-state index contributed by atoms with van der Waals surface area (Å²) < 4.78 is 2.70. The minimum atomic E-state index is -0.601. The smallest absolute Gasteiger partial charge is 0.122 e. The zero-order valence-electron chi connectivity index (χ0n) is 9.06. The van der Waals surface area contributed by atoms with Crippen LogP contribution in [0.4, 0.5) is 0 Å². The first-order chi connectivity index (χ1) is 8.65. The van der Waals surface area contributed by atoms with Crippen molar-refractivity contribution in [2.24, 2.45) is 0 Å². The lowest BCUT2D eigenvalue weighted by atomic mass is 10.2. The topological polar surface area (TPSA) is 20.2 Å². The zero-order chi connectivity index (χ0) is 12.7. The number of fused-ring (bicyclic) bond motifs is 1. The molecule has 18 heavy (non-hydrogen) atoms. The van der Waals surface area contributed by atoms with Crippen LogP contribution in [0.5, 0.6) is 0 Å². The lowest BCUT2D eigenvalue weighted by Gasteiger charge is -2.04. The van der Waals surface area contributed by atoms with Gasteiger partial charge < -0.3 is 5.11 Å². The maximum atomic E-state index is 10.4. The van der Waals surface area contributed by atoms with Crippen molar-refractivity contribution < 1.29 is 5.11 Å². The van der Waals surface area contributed by atoms with Crippen molar-refractivity contribution in [1.29, 1.82) is 0 Å². The van der Waals surface area contributed by atoms with Gasteiger partial charge in [-0.3, -0.25) is 0 Å². The van der Waals surface area contributed by atoms with Crippen molar-refractivity contribution >= 4 is 60.3 Å². The summed E-state index contributed by atoms with van der Waals surface area (Å²) >= 11 is 12.4. The summed E-state index contributed by atoms with van der Waals surface area (Å²) in [6.45, 7) is 0. The monoisotopic (exact) mass is 358 g/mol. The van der Waals surface area contributed by atoms with Gasteiger partial charge in [0.05, 0.1) is 0 Å². The lowest BCUT2D eigenvalue weighted by molar-refractivity contribution is 0.228. The molecule has 3 aromatic rings. The van der Waals surface area contributed by atoms with Crippen molar-refractivity contribution in [3.63, 3.8) is 0 Å². The molecular formula is C13H8BrClOS2. The van der Waals surface area contributed by atoms with Crippen LogP contribution in [-0.4, -0.2) is 5.11 Å². The van der Waals surface area contributed by atoms with Crippen LogP contribution in [0.3, 0.4) is 0 Å². The van der Waals surface area contributed by atoms with Crippen molar-refractivity contribution in [2.75, 3.05) is 0 Å². The first kappa shape index (κ1) is 12.6. The van der Waals surface area contributed by atoms with Crippen LogP contribution in [0.25, 0.3) is 10.1 Å². The van der Waals surface area contributed by atoms with Crippen molar-refractivity contribution in [1.82, 2.24) is 0 Å². The molecule has 1 aromatic carbocycles. The number of benzene rings is 1. The third kappa shape index (κ3) is 2.24. The van der Waals surface area contributed by atoms with Gasteiger partial charge in [-0.2, -0.15) is 0 Å². The number of hydrogen-bond donors (Lipinski definition) is 1. The van der Waals surface area contributed by atoms with E-state index < -0.39 is 6.10 Å². The molecule has 0 saturated heterocycles. The average molecular weight is 360 g/mol. The van der Waals surface area contributed by atoms with E-state index in [1.165, 1.54) is 21.4 Å². The predicted octanol–water partition coefficient (Wildman–Crippen LogP) is 5.46. The van der Waals surface area contributed by atoms with Crippen LogP contribution in [0.15, 0.2) is 40.9 Å². The molecule has 2 aromatic heterocycles. The van der Waals surface area contributed by atoms with Gasteiger partial charge in [-0.05, 0) is 39.5 Å². The summed E-state index contributed by atoms with van der Waals surface area (Å²) in [4.78, 5) is 1.81. The fourth-order valence-corrected chi connectivity index (χ4v) is 4.66. The van der Waals surface area contributed by atoms with Crippen LogP contribution in [0.1, 0.15) is 15.9 Å². The number of hydrogen-bond acceptors (Lipinski definition) is 3. The molecular weight excluding hydrogens is 352 g/mol. The normalized spacial score (nSPS) is 13.1. The van der Waals surface area contributed by atoms with Crippen LogP contribution < -0.4 is 0 Å². The third-order valence-corrected chi connectivity index (χ3v) is 6.34. The highest BCUT2D eigenvalue weighted by atomic mass is 79.9. The number of aliphatic hydroxyl groups excluding tert-OH is 1. The van der Waals surface area contributed by atoms with Gasteiger partial charge in [0.15, 0.2) is 0 Å². The fraction of sp³-hybridized carbons (Fsp3) is 0.0769. The second kappa shape index (κ2) is 4.94.